The lowest BCUT2D eigenvalue weighted by molar-refractivity contribution is 0.0946. The Kier molecular flexibility index (Phi) is 6.37. The fourth-order valence-corrected chi connectivity index (χ4v) is 2.49. The van der Waals surface area contributed by atoms with Crippen LogP contribution >= 0.6 is 11.3 Å². The Morgan fingerprint density at radius 3 is 2.87 bits per heavy atom. The molecule has 0 aliphatic heterocycles. The average Bonchev–Trinajstić information content (AvgIpc) is 3.02. The minimum absolute atomic E-state index is 0.157. The van der Waals surface area contributed by atoms with Gasteiger partial charge in [-0.25, -0.2) is 4.98 Å². The number of thiazole rings is 1. The van der Waals surface area contributed by atoms with Crippen molar-refractivity contribution < 1.29 is 14.3 Å². The van der Waals surface area contributed by atoms with Crippen LogP contribution in [0.4, 0.5) is 0 Å². The van der Waals surface area contributed by atoms with Crippen molar-refractivity contribution in [1.29, 1.82) is 0 Å². The van der Waals surface area contributed by atoms with E-state index in [-0.39, 0.29) is 5.91 Å². The van der Waals surface area contributed by atoms with Crippen LogP contribution in [0.1, 0.15) is 15.5 Å². The van der Waals surface area contributed by atoms with Gasteiger partial charge < -0.3 is 19.7 Å². The molecule has 0 unspecified atom stereocenters. The molecule has 7 heteroatoms. The summed E-state index contributed by atoms with van der Waals surface area (Å²) < 4.78 is 10.8. The first kappa shape index (κ1) is 17.2. The number of nitrogens with one attached hydrogen (secondary N) is 1. The number of rotatable bonds is 8. The summed E-state index contributed by atoms with van der Waals surface area (Å²) in [5.41, 5.74) is 0.429. The second-order valence-corrected chi connectivity index (χ2v) is 6.10. The minimum Gasteiger partial charge on any atom is -0.497 e. The summed E-state index contributed by atoms with van der Waals surface area (Å²) in [7, 11) is 5.53. The number of carbonyl (C=O) groups is 1. The van der Waals surface area contributed by atoms with Crippen molar-refractivity contribution in [2.24, 2.45) is 0 Å². The van der Waals surface area contributed by atoms with E-state index in [0.717, 1.165) is 17.3 Å². The molecular formula is C16H21N3O3S. The lowest BCUT2D eigenvalue weighted by atomic mass is 10.3. The van der Waals surface area contributed by atoms with E-state index >= 15 is 0 Å². The molecular weight excluding hydrogens is 314 g/mol. The third-order valence-electron chi connectivity index (χ3n) is 3.03. The third-order valence-corrected chi connectivity index (χ3v) is 3.85. The van der Waals surface area contributed by atoms with Gasteiger partial charge in [0.15, 0.2) is 0 Å². The Balaban J connectivity index is 1.85. The molecule has 1 aromatic heterocycles. The smallest absolute Gasteiger partial charge is 0.270 e. The van der Waals surface area contributed by atoms with Crippen molar-refractivity contribution >= 4 is 17.2 Å². The zero-order valence-corrected chi connectivity index (χ0v) is 14.4. The van der Waals surface area contributed by atoms with Gasteiger partial charge >= 0.3 is 0 Å². The predicted octanol–water partition coefficient (Wildman–Crippen LogP) is 2.02. The summed E-state index contributed by atoms with van der Waals surface area (Å²) in [5.74, 6) is 1.29. The number of amides is 1. The van der Waals surface area contributed by atoms with Crippen molar-refractivity contribution in [3.05, 3.63) is 40.3 Å². The van der Waals surface area contributed by atoms with E-state index in [1.807, 2.05) is 43.3 Å². The first-order valence-electron chi connectivity index (χ1n) is 7.22. The van der Waals surface area contributed by atoms with E-state index < -0.39 is 0 Å². The van der Waals surface area contributed by atoms with Gasteiger partial charge in [0, 0.05) is 24.5 Å². The molecule has 0 bridgehead atoms. The van der Waals surface area contributed by atoms with Crippen molar-refractivity contribution in [3.63, 3.8) is 0 Å². The molecule has 2 aromatic rings. The molecule has 0 aliphatic carbocycles. The molecule has 0 spiro atoms. The first-order valence-corrected chi connectivity index (χ1v) is 8.10. The standard InChI is InChI=1S/C16H21N3O3S/c1-19(2)8-7-17-16(20)14-11-23-15(18-14)10-22-13-6-4-5-12(9-13)21-3/h4-6,9,11H,7-8,10H2,1-3H3,(H,17,20). The van der Waals surface area contributed by atoms with E-state index in [2.05, 4.69) is 10.3 Å². The second kappa shape index (κ2) is 8.50. The molecule has 6 nitrogen and oxygen atoms in total. The number of hydrogen-bond acceptors (Lipinski definition) is 6. The van der Waals surface area contributed by atoms with Crippen LogP contribution in [0, 0.1) is 0 Å². The monoisotopic (exact) mass is 335 g/mol. The van der Waals surface area contributed by atoms with E-state index in [1.165, 1.54) is 11.3 Å². The molecule has 23 heavy (non-hydrogen) atoms. The molecule has 0 aliphatic rings. The number of methoxy groups -OCH3 is 1. The third kappa shape index (κ3) is 5.54. The summed E-state index contributed by atoms with van der Waals surface area (Å²) in [5, 5.41) is 5.34. The zero-order chi connectivity index (χ0) is 16.7. The largest absolute Gasteiger partial charge is 0.497 e. The molecule has 1 amide bonds. The highest BCUT2D eigenvalue weighted by Gasteiger charge is 2.10. The van der Waals surface area contributed by atoms with Gasteiger partial charge in [-0.3, -0.25) is 4.79 Å². The molecule has 124 valence electrons. The van der Waals surface area contributed by atoms with Crippen LogP contribution in [0.3, 0.4) is 0 Å². The minimum atomic E-state index is -0.157. The topological polar surface area (TPSA) is 63.7 Å². The molecule has 1 heterocycles. The maximum absolute atomic E-state index is 12.0. The molecule has 0 radical (unpaired) electrons. The molecule has 0 saturated heterocycles. The first-order chi connectivity index (χ1) is 11.1. The van der Waals surface area contributed by atoms with Gasteiger partial charge in [-0.05, 0) is 26.2 Å². The van der Waals surface area contributed by atoms with Crippen LogP contribution in [-0.4, -0.2) is 50.1 Å². The van der Waals surface area contributed by atoms with Crippen LogP contribution in [-0.2, 0) is 6.61 Å². The summed E-state index contributed by atoms with van der Waals surface area (Å²) >= 11 is 1.41. The van der Waals surface area contributed by atoms with Crippen LogP contribution in [0.5, 0.6) is 11.5 Å². The fraction of sp³-hybridized carbons (Fsp3) is 0.375. The lowest BCUT2D eigenvalue weighted by Crippen LogP contribution is -2.31. The van der Waals surface area contributed by atoms with Crippen LogP contribution < -0.4 is 14.8 Å². The number of benzene rings is 1. The van der Waals surface area contributed by atoms with Gasteiger partial charge in [0.2, 0.25) is 0 Å². The highest BCUT2D eigenvalue weighted by molar-refractivity contribution is 7.09. The number of aromatic nitrogens is 1. The Labute approximate surface area is 140 Å². The molecule has 0 atom stereocenters. The highest BCUT2D eigenvalue weighted by atomic mass is 32.1. The van der Waals surface area contributed by atoms with Gasteiger partial charge in [-0.2, -0.15) is 0 Å². The summed E-state index contributed by atoms with van der Waals surface area (Å²) in [6, 6.07) is 7.37. The van der Waals surface area contributed by atoms with E-state index in [4.69, 9.17) is 9.47 Å². The Bertz CT molecular complexity index is 643. The Hall–Kier alpha value is -2.12. The normalized spacial score (nSPS) is 10.6. The number of nitrogens with zero attached hydrogens (tertiary/aromatic N) is 2. The number of hydrogen-bond donors (Lipinski definition) is 1. The summed E-state index contributed by atoms with van der Waals surface area (Å²) in [6.07, 6.45) is 0. The van der Waals surface area contributed by atoms with Crippen molar-refractivity contribution in [1.82, 2.24) is 15.2 Å². The van der Waals surface area contributed by atoms with Gasteiger partial charge in [0.1, 0.15) is 28.8 Å². The predicted molar refractivity (Wildman–Crippen MR) is 90.3 cm³/mol. The average molecular weight is 335 g/mol. The van der Waals surface area contributed by atoms with Gasteiger partial charge in [-0.1, -0.05) is 6.07 Å². The zero-order valence-electron chi connectivity index (χ0n) is 13.5. The molecule has 1 aromatic carbocycles. The van der Waals surface area contributed by atoms with E-state index in [9.17, 15) is 4.79 Å². The maximum atomic E-state index is 12.0. The van der Waals surface area contributed by atoms with Crippen molar-refractivity contribution in [3.8, 4) is 11.5 Å². The molecule has 2 rings (SSSR count). The van der Waals surface area contributed by atoms with Crippen LogP contribution in [0.2, 0.25) is 0 Å². The number of ether oxygens (including phenoxy) is 2. The summed E-state index contributed by atoms with van der Waals surface area (Å²) in [6.45, 7) is 1.71. The Morgan fingerprint density at radius 2 is 2.13 bits per heavy atom. The van der Waals surface area contributed by atoms with E-state index in [0.29, 0.717) is 24.6 Å². The van der Waals surface area contributed by atoms with Crippen molar-refractivity contribution in [2.45, 2.75) is 6.61 Å². The second-order valence-electron chi connectivity index (χ2n) is 5.15. The van der Waals surface area contributed by atoms with Gasteiger partial charge in [0.25, 0.3) is 5.91 Å². The SMILES string of the molecule is COc1cccc(OCc2nc(C(=O)NCCN(C)C)cs2)c1. The van der Waals surface area contributed by atoms with Crippen LogP contribution in [0.25, 0.3) is 0 Å². The number of carbonyl (C=O) groups excluding carboxylic acids is 1. The molecule has 1 N–H and O–H groups in total. The van der Waals surface area contributed by atoms with Gasteiger partial charge in [0.05, 0.1) is 7.11 Å². The van der Waals surface area contributed by atoms with Gasteiger partial charge in [-0.15, -0.1) is 11.3 Å². The molecule has 0 fully saturated rings. The molecule has 0 saturated carbocycles. The lowest BCUT2D eigenvalue weighted by Gasteiger charge is -2.09. The fourth-order valence-electron chi connectivity index (χ4n) is 1.80. The van der Waals surface area contributed by atoms with Crippen molar-refractivity contribution in [2.75, 3.05) is 34.3 Å². The Morgan fingerprint density at radius 1 is 1.35 bits per heavy atom. The maximum Gasteiger partial charge on any atom is 0.270 e. The number of likely N-dealkylation sites (N-methyl/N-ethyl adjacent to an activating group) is 1. The quantitative estimate of drug-likeness (QED) is 0.800. The highest BCUT2D eigenvalue weighted by Crippen LogP contribution is 2.20. The van der Waals surface area contributed by atoms with Crippen LogP contribution in [0.15, 0.2) is 29.6 Å². The van der Waals surface area contributed by atoms with E-state index in [1.54, 1.807) is 12.5 Å². The summed E-state index contributed by atoms with van der Waals surface area (Å²) in [4.78, 5) is 18.3.